The van der Waals surface area contributed by atoms with E-state index in [-0.39, 0.29) is 17.7 Å². The number of rotatable bonds is 7. The number of hydrogen-bond donors (Lipinski definition) is 2. The molecule has 0 aliphatic carbocycles. The van der Waals surface area contributed by atoms with Crippen molar-refractivity contribution in [3.63, 3.8) is 0 Å². The maximum Gasteiger partial charge on any atom is 0.417 e. The monoisotopic (exact) mass is 478 g/mol. The Morgan fingerprint density at radius 3 is 2.71 bits per heavy atom. The molecule has 4 rings (SSSR count). The Morgan fingerprint density at radius 2 is 1.97 bits per heavy atom. The molecule has 0 spiro atoms. The topological polar surface area (TPSA) is 75.6 Å². The summed E-state index contributed by atoms with van der Waals surface area (Å²) in [7, 11) is 0. The molecule has 35 heavy (non-hydrogen) atoms. The lowest BCUT2D eigenvalue weighted by Gasteiger charge is -2.12. The van der Waals surface area contributed by atoms with Crippen LogP contribution in [0.4, 0.5) is 18.9 Å². The molecule has 2 heterocycles. The normalized spacial score (nSPS) is 12.9. The fourth-order valence-electron chi connectivity index (χ4n) is 3.54. The van der Waals surface area contributed by atoms with Crippen molar-refractivity contribution in [2.45, 2.75) is 19.0 Å². The Bertz CT molecular complexity index is 1310. The summed E-state index contributed by atoms with van der Waals surface area (Å²) in [5, 5.41) is 5.66. The highest BCUT2D eigenvalue weighted by atomic mass is 19.4. The van der Waals surface area contributed by atoms with Gasteiger partial charge in [0.25, 0.3) is 0 Å². The van der Waals surface area contributed by atoms with Crippen molar-refractivity contribution in [2.75, 3.05) is 18.4 Å². The number of anilines is 1. The number of terminal acetylenes is 1. The average Bonchev–Trinajstić information content (AvgIpc) is 3.38. The second kappa shape index (κ2) is 10.3. The van der Waals surface area contributed by atoms with Crippen LogP contribution in [-0.2, 0) is 17.4 Å². The SMILES string of the molecule is C#Cc1ccc(NC(=O)CCc2cccc(Oc3ccnc(C4=NCCN4)c3)c2)cc1C(F)(F)F. The van der Waals surface area contributed by atoms with E-state index in [0.717, 1.165) is 24.0 Å². The molecular formula is C26H21F3N4O2. The summed E-state index contributed by atoms with van der Waals surface area (Å²) in [4.78, 5) is 21.0. The predicted octanol–water partition coefficient (Wildman–Crippen LogP) is 4.80. The van der Waals surface area contributed by atoms with Gasteiger partial charge in [-0.05, 0) is 48.4 Å². The van der Waals surface area contributed by atoms with Crippen LogP contribution in [0.3, 0.4) is 0 Å². The second-order valence-corrected chi connectivity index (χ2v) is 7.73. The van der Waals surface area contributed by atoms with Crippen LogP contribution in [0.15, 0.2) is 65.8 Å². The van der Waals surface area contributed by atoms with Crippen molar-refractivity contribution in [1.29, 1.82) is 0 Å². The molecular weight excluding hydrogens is 457 g/mol. The highest BCUT2D eigenvalue weighted by Gasteiger charge is 2.33. The van der Waals surface area contributed by atoms with Crippen molar-refractivity contribution in [1.82, 2.24) is 10.3 Å². The molecule has 1 aliphatic heterocycles. The predicted molar refractivity (Wildman–Crippen MR) is 126 cm³/mol. The number of hydrogen-bond acceptors (Lipinski definition) is 5. The Hall–Kier alpha value is -4.32. The largest absolute Gasteiger partial charge is 0.457 e. The highest BCUT2D eigenvalue weighted by Crippen LogP contribution is 2.33. The van der Waals surface area contributed by atoms with Crippen LogP contribution >= 0.6 is 0 Å². The molecule has 0 fully saturated rings. The van der Waals surface area contributed by atoms with Gasteiger partial charge in [-0.2, -0.15) is 13.2 Å². The summed E-state index contributed by atoms with van der Waals surface area (Å²) in [6, 6.07) is 14.1. The maximum atomic E-state index is 13.2. The number of pyridine rings is 1. The van der Waals surface area contributed by atoms with Gasteiger partial charge in [0.05, 0.1) is 12.1 Å². The molecule has 0 atom stereocenters. The van der Waals surface area contributed by atoms with E-state index < -0.39 is 17.6 Å². The number of alkyl halides is 3. The van der Waals surface area contributed by atoms with Crippen molar-refractivity contribution >= 4 is 17.4 Å². The van der Waals surface area contributed by atoms with E-state index in [4.69, 9.17) is 11.2 Å². The van der Waals surface area contributed by atoms with Crippen LogP contribution in [0.25, 0.3) is 0 Å². The Morgan fingerprint density at radius 1 is 1.14 bits per heavy atom. The van der Waals surface area contributed by atoms with Gasteiger partial charge in [0, 0.05) is 36.5 Å². The molecule has 178 valence electrons. The third-order valence-corrected chi connectivity index (χ3v) is 5.19. The van der Waals surface area contributed by atoms with E-state index in [2.05, 4.69) is 20.6 Å². The van der Waals surface area contributed by atoms with Gasteiger partial charge in [0.1, 0.15) is 23.0 Å². The average molecular weight is 478 g/mol. The fourth-order valence-corrected chi connectivity index (χ4v) is 3.54. The van der Waals surface area contributed by atoms with Gasteiger partial charge in [0.2, 0.25) is 5.91 Å². The third kappa shape index (κ3) is 6.18. The first-order chi connectivity index (χ1) is 16.8. The number of nitrogens with zero attached hydrogens (tertiary/aromatic N) is 2. The van der Waals surface area contributed by atoms with E-state index >= 15 is 0 Å². The van der Waals surface area contributed by atoms with E-state index in [1.165, 1.54) is 12.1 Å². The smallest absolute Gasteiger partial charge is 0.417 e. The van der Waals surface area contributed by atoms with Gasteiger partial charge in [-0.15, -0.1) is 6.42 Å². The maximum absolute atomic E-state index is 13.2. The number of halogens is 3. The molecule has 1 aromatic heterocycles. The minimum atomic E-state index is -4.61. The van der Waals surface area contributed by atoms with Crippen LogP contribution in [0.5, 0.6) is 11.5 Å². The molecule has 3 aromatic rings. The Kier molecular flexibility index (Phi) is 7.01. The zero-order valence-electron chi connectivity index (χ0n) is 18.5. The number of nitrogens with one attached hydrogen (secondary N) is 2. The van der Waals surface area contributed by atoms with Gasteiger partial charge >= 0.3 is 6.18 Å². The molecule has 1 amide bonds. The summed E-state index contributed by atoms with van der Waals surface area (Å²) in [6.07, 6.45) is 2.63. The molecule has 0 saturated heterocycles. The highest BCUT2D eigenvalue weighted by molar-refractivity contribution is 5.98. The molecule has 0 bridgehead atoms. The first-order valence-corrected chi connectivity index (χ1v) is 10.8. The molecule has 0 saturated carbocycles. The van der Waals surface area contributed by atoms with Crippen LogP contribution < -0.4 is 15.4 Å². The third-order valence-electron chi connectivity index (χ3n) is 5.19. The van der Waals surface area contributed by atoms with Gasteiger partial charge in [0.15, 0.2) is 0 Å². The molecule has 0 unspecified atom stereocenters. The number of aryl methyl sites for hydroxylation is 1. The number of aromatic nitrogens is 1. The summed E-state index contributed by atoms with van der Waals surface area (Å²) in [6.45, 7) is 1.48. The Labute approximate surface area is 200 Å². The summed E-state index contributed by atoms with van der Waals surface area (Å²) in [5.41, 5.74) is 0.330. The van der Waals surface area contributed by atoms with Crippen molar-refractivity contribution in [3.8, 4) is 23.8 Å². The summed E-state index contributed by atoms with van der Waals surface area (Å²) in [5.74, 6) is 3.50. The van der Waals surface area contributed by atoms with Crippen molar-refractivity contribution in [3.05, 3.63) is 83.2 Å². The van der Waals surface area contributed by atoms with Crippen molar-refractivity contribution < 1.29 is 22.7 Å². The standard InChI is InChI=1S/C26H21F3N4O2/c1-2-18-7-8-19(15-22(18)26(27,28)29)33-24(34)9-6-17-4-3-5-20(14-17)35-21-10-11-30-23(16-21)25-31-12-13-32-25/h1,3-5,7-8,10-11,14-16H,6,9,12-13H2,(H,31,32)(H,33,34). The molecule has 9 heteroatoms. The molecule has 1 aliphatic rings. The van der Waals surface area contributed by atoms with Crippen molar-refractivity contribution in [2.24, 2.45) is 4.99 Å². The van der Waals surface area contributed by atoms with Gasteiger partial charge in [-0.1, -0.05) is 18.1 Å². The van der Waals surface area contributed by atoms with E-state index in [1.54, 1.807) is 30.5 Å². The van der Waals surface area contributed by atoms with Gasteiger partial charge in [-0.25, -0.2) is 0 Å². The quantitative estimate of drug-likeness (QED) is 0.479. The lowest BCUT2D eigenvalue weighted by atomic mass is 10.1. The minimum absolute atomic E-state index is 0.0354. The van der Waals surface area contributed by atoms with Gasteiger partial charge in [-0.3, -0.25) is 14.8 Å². The van der Waals surface area contributed by atoms with Crippen LogP contribution in [-0.4, -0.2) is 29.8 Å². The summed E-state index contributed by atoms with van der Waals surface area (Å²) < 4.78 is 45.5. The molecule has 2 N–H and O–H groups in total. The summed E-state index contributed by atoms with van der Waals surface area (Å²) >= 11 is 0. The minimum Gasteiger partial charge on any atom is -0.457 e. The van der Waals surface area contributed by atoms with E-state index in [1.807, 2.05) is 18.1 Å². The number of benzene rings is 2. The number of amidine groups is 1. The first-order valence-electron chi connectivity index (χ1n) is 10.8. The molecule has 6 nitrogen and oxygen atoms in total. The number of ether oxygens (including phenoxy) is 1. The lowest BCUT2D eigenvalue weighted by Crippen LogP contribution is -2.20. The first kappa shape index (κ1) is 23.8. The Balaban J connectivity index is 1.37. The molecule has 2 aromatic carbocycles. The number of amides is 1. The zero-order valence-corrected chi connectivity index (χ0v) is 18.5. The van der Waals surface area contributed by atoms with Crippen LogP contribution in [0.2, 0.25) is 0 Å². The van der Waals surface area contributed by atoms with E-state index in [9.17, 15) is 18.0 Å². The van der Waals surface area contributed by atoms with Crippen LogP contribution in [0, 0.1) is 12.3 Å². The lowest BCUT2D eigenvalue weighted by molar-refractivity contribution is -0.137. The number of aliphatic imine (C=N–C) groups is 1. The number of carbonyl (C=O) groups excluding carboxylic acids is 1. The second-order valence-electron chi connectivity index (χ2n) is 7.73. The number of carbonyl (C=O) groups is 1. The zero-order chi connectivity index (χ0) is 24.8. The van der Waals surface area contributed by atoms with Crippen LogP contribution in [0.1, 0.15) is 28.8 Å². The van der Waals surface area contributed by atoms with E-state index in [0.29, 0.717) is 30.2 Å². The van der Waals surface area contributed by atoms with Gasteiger partial charge < -0.3 is 15.4 Å². The fraction of sp³-hybridized carbons (Fsp3) is 0.192. The molecule has 0 radical (unpaired) electrons.